The Morgan fingerprint density at radius 3 is 2.63 bits per heavy atom. The van der Waals surface area contributed by atoms with Gasteiger partial charge in [-0.1, -0.05) is 12.8 Å². The minimum absolute atomic E-state index is 0.235. The molecule has 1 amide bonds. The van der Waals surface area contributed by atoms with Crippen LogP contribution in [-0.4, -0.2) is 34.3 Å². The van der Waals surface area contributed by atoms with E-state index in [4.69, 9.17) is 4.74 Å². The fourth-order valence-electron chi connectivity index (χ4n) is 4.65. The lowest BCUT2D eigenvalue weighted by Crippen LogP contribution is -2.46. The summed E-state index contributed by atoms with van der Waals surface area (Å²) >= 11 is 0. The molecule has 1 saturated carbocycles. The van der Waals surface area contributed by atoms with Crippen molar-refractivity contribution in [2.45, 2.75) is 64.3 Å². The van der Waals surface area contributed by atoms with Gasteiger partial charge in [0.25, 0.3) is 5.91 Å². The zero-order valence-corrected chi connectivity index (χ0v) is 17.3. The molecular formula is C23H28FN3O3. The number of fused-ring (bicyclic) bond motifs is 1. The van der Waals surface area contributed by atoms with E-state index >= 15 is 0 Å². The van der Waals surface area contributed by atoms with Crippen LogP contribution in [0.4, 0.5) is 4.39 Å². The highest BCUT2D eigenvalue weighted by Crippen LogP contribution is 2.29. The number of aromatic nitrogens is 2. The highest BCUT2D eigenvalue weighted by molar-refractivity contribution is 5.94. The summed E-state index contributed by atoms with van der Waals surface area (Å²) in [7, 11) is 0. The second kappa shape index (κ2) is 8.98. The zero-order valence-electron chi connectivity index (χ0n) is 17.3. The third-order valence-corrected chi connectivity index (χ3v) is 6.14. The first kappa shape index (κ1) is 20.6. The minimum atomic E-state index is -0.308. The smallest absolute Gasteiger partial charge is 0.311 e. The fraction of sp³-hybridized carbons (Fsp3) is 0.522. The van der Waals surface area contributed by atoms with Crippen LogP contribution in [0.1, 0.15) is 67.2 Å². The number of rotatable bonds is 5. The molecule has 2 aliphatic rings. The largest absolute Gasteiger partial charge is 0.466 e. The van der Waals surface area contributed by atoms with Crippen LogP contribution in [0.25, 0.3) is 5.69 Å². The van der Waals surface area contributed by atoms with Crippen LogP contribution in [0, 0.1) is 11.7 Å². The predicted octanol–water partition coefficient (Wildman–Crippen LogP) is 3.74. The number of amides is 1. The van der Waals surface area contributed by atoms with Crippen molar-refractivity contribution < 1.29 is 18.7 Å². The Morgan fingerprint density at radius 1 is 1.13 bits per heavy atom. The van der Waals surface area contributed by atoms with Crippen molar-refractivity contribution in [3.05, 3.63) is 47.0 Å². The van der Waals surface area contributed by atoms with Gasteiger partial charge >= 0.3 is 5.97 Å². The number of hydrogen-bond acceptors (Lipinski definition) is 4. The standard InChI is InChI=1S/C23H28FN3O3/c1-2-30-23(29)17-7-3-5-9-19(17)25-22(28)21-18-8-4-6-10-20(18)27(26-21)16-13-11-15(24)12-14-16/h11-14,17,19H,2-10H2,1H3,(H,25,28)/t17-,19-/m1/s1. The second-order valence-corrected chi connectivity index (χ2v) is 8.09. The van der Waals surface area contributed by atoms with E-state index in [1.54, 1.807) is 23.7 Å². The van der Waals surface area contributed by atoms with E-state index in [-0.39, 0.29) is 29.7 Å². The second-order valence-electron chi connectivity index (χ2n) is 8.09. The van der Waals surface area contributed by atoms with Crippen LogP contribution < -0.4 is 5.32 Å². The van der Waals surface area contributed by atoms with Gasteiger partial charge in [0.1, 0.15) is 5.82 Å². The Hall–Kier alpha value is -2.70. The number of halogens is 1. The van der Waals surface area contributed by atoms with Crippen molar-refractivity contribution >= 4 is 11.9 Å². The SMILES string of the molecule is CCOC(=O)[C@@H]1CCCC[C@H]1NC(=O)c1nn(-c2ccc(F)cc2)c2c1CCCC2. The number of ether oxygens (including phenoxy) is 1. The molecule has 0 bridgehead atoms. The van der Waals surface area contributed by atoms with Crippen LogP contribution in [0.3, 0.4) is 0 Å². The van der Waals surface area contributed by atoms with E-state index in [1.807, 2.05) is 0 Å². The molecule has 0 unspecified atom stereocenters. The van der Waals surface area contributed by atoms with Crippen molar-refractivity contribution in [2.75, 3.05) is 6.61 Å². The van der Waals surface area contributed by atoms with Crippen LogP contribution in [0.2, 0.25) is 0 Å². The summed E-state index contributed by atoms with van der Waals surface area (Å²) in [5.74, 6) is -1.09. The molecule has 1 fully saturated rings. The summed E-state index contributed by atoms with van der Waals surface area (Å²) in [6, 6.07) is 5.92. The summed E-state index contributed by atoms with van der Waals surface area (Å²) < 4.78 is 20.4. The van der Waals surface area contributed by atoms with Gasteiger partial charge in [-0.05, 0) is 69.7 Å². The van der Waals surface area contributed by atoms with Gasteiger partial charge in [-0.25, -0.2) is 9.07 Å². The summed E-state index contributed by atoms with van der Waals surface area (Å²) in [5, 5.41) is 7.70. The number of esters is 1. The molecule has 0 saturated heterocycles. The molecule has 0 spiro atoms. The molecule has 160 valence electrons. The Morgan fingerprint density at radius 2 is 1.87 bits per heavy atom. The van der Waals surface area contributed by atoms with Gasteiger partial charge in [0.15, 0.2) is 5.69 Å². The van der Waals surface area contributed by atoms with E-state index in [0.717, 1.165) is 68.3 Å². The molecule has 0 radical (unpaired) electrons. The fourth-order valence-corrected chi connectivity index (χ4v) is 4.65. The molecule has 1 aromatic heterocycles. The quantitative estimate of drug-likeness (QED) is 0.758. The molecular weight excluding hydrogens is 385 g/mol. The number of carbonyl (C=O) groups is 2. The summed E-state index contributed by atoms with van der Waals surface area (Å²) in [6.07, 6.45) is 7.11. The monoisotopic (exact) mass is 413 g/mol. The lowest BCUT2D eigenvalue weighted by Gasteiger charge is -2.30. The Kier molecular flexibility index (Phi) is 6.16. The summed E-state index contributed by atoms with van der Waals surface area (Å²) in [4.78, 5) is 25.6. The molecule has 2 atom stereocenters. The molecule has 4 rings (SSSR count). The van der Waals surface area contributed by atoms with Gasteiger partial charge in [0, 0.05) is 17.3 Å². The predicted molar refractivity (Wildman–Crippen MR) is 110 cm³/mol. The van der Waals surface area contributed by atoms with Crippen molar-refractivity contribution in [1.82, 2.24) is 15.1 Å². The Balaban J connectivity index is 1.61. The van der Waals surface area contributed by atoms with E-state index in [9.17, 15) is 14.0 Å². The minimum Gasteiger partial charge on any atom is -0.466 e. The topological polar surface area (TPSA) is 73.2 Å². The Bertz CT molecular complexity index is 923. The first-order chi connectivity index (χ1) is 14.6. The number of benzene rings is 1. The lowest BCUT2D eigenvalue weighted by atomic mass is 9.84. The van der Waals surface area contributed by atoms with E-state index < -0.39 is 0 Å². The van der Waals surface area contributed by atoms with Crippen molar-refractivity contribution in [2.24, 2.45) is 5.92 Å². The van der Waals surface area contributed by atoms with Gasteiger partial charge < -0.3 is 10.1 Å². The van der Waals surface area contributed by atoms with Gasteiger partial charge in [0.2, 0.25) is 0 Å². The number of nitrogens with zero attached hydrogens (tertiary/aromatic N) is 2. The molecule has 2 aromatic rings. The molecule has 6 nitrogen and oxygen atoms in total. The van der Waals surface area contributed by atoms with Crippen LogP contribution in [0.15, 0.2) is 24.3 Å². The van der Waals surface area contributed by atoms with Gasteiger partial charge in [-0.3, -0.25) is 9.59 Å². The van der Waals surface area contributed by atoms with Gasteiger partial charge in [-0.15, -0.1) is 0 Å². The number of nitrogens with one attached hydrogen (secondary N) is 1. The van der Waals surface area contributed by atoms with Crippen molar-refractivity contribution in [3.63, 3.8) is 0 Å². The average molecular weight is 413 g/mol. The lowest BCUT2D eigenvalue weighted by molar-refractivity contribution is -0.150. The maximum atomic E-state index is 13.4. The van der Waals surface area contributed by atoms with Gasteiger partial charge in [-0.2, -0.15) is 5.10 Å². The summed E-state index contributed by atoms with van der Waals surface area (Å²) in [5.41, 5.74) is 3.15. The van der Waals surface area contributed by atoms with Crippen LogP contribution in [0.5, 0.6) is 0 Å². The number of carbonyl (C=O) groups excluding carboxylic acids is 2. The first-order valence-corrected chi connectivity index (χ1v) is 10.9. The molecule has 30 heavy (non-hydrogen) atoms. The average Bonchev–Trinajstić information content (AvgIpc) is 3.15. The maximum Gasteiger partial charge on any atom is 0.311 e. The molecule has 1 aromatic carbocycles. The normalized spacial score (nSPS) is 21.0. The van der Waals surface area contributed by atoms with E-state index in [0.29, 0.717) is 12.3 Å². The molecule has 2 aliphatic carbocycles. The van der Waals surface area contributed by atoms with Gasteiger partial charge in [0.05, 0.1) is 18.2 Å². The molecule has 1 heterocycles. The highest BCUT2D eigenvalue weighted by atomic mass is 19.1. The molecule has 0 aliphatic heterocycles. The Labute approximate surface area is 175 Å². The van der Waals surface area contributed by atoms with Crippen molar-refractivity contribution in [3.8, 4) is 5.69 Å². The summed E-state index contributed by atoms with van der Waals surface area (Å²) in [6.45, 7) is 2.13. The third kappa shape index (κ3) is 4.11. The van der Waals surface area contributed by atoms with Crippen LogP contribution >= 0.6 is 0 Å². The van der Waals surface area contributed by atoms with Crippen molar-refractivity contribution in [1.29, 1.82) is 0 Å². The van der Waals surface area contributed by atoms with E-state index in [2.05, 4.69) is 10.4 Å². The third-order valence-electron chi connectivity index (χ3n) is 6.14. The molecule has 7 heteroatoms. The maximum absolute atomic E-state index is 13.4. The first-order valence-electron chi connectivity index (χ1n) is 10.9. The number of hydrogen-bond donors (Lipinski definition) is 1. The zero-order chi connectivity index (χ0) is 21.1. The van der Waals surface area contributed by atoms with E-state index in [1.165, 1.54) is 12.1 Å². The highest BCUT2D eigenvalue weighted by Gasteiger charge is 2.35. The molecule has 1 N–H and O–H groups in total. The van der Waals surface area contributed by atoms with Crippen LogP contribution in [-0.2, 0) is 22.4 Å².